The molecule has 0 amide bonds. The van der Waals surface area contributed by atoms with Crippen molar-refractivity contribution in [3.8, 4) is 11.5 Å². The first-order valence-electron chi connectivity index (χ1n) is 7.67. The number of thiophene rings is 1. The zero-order chi connectivity index (χ0) is 16.4. The molecule has 1 atom stereocenters. The van der Waals surface area contributed by atoms with E-state index in [1.807, 2.05) is 12.1 Å². The lowest BCUT2D eigenvalue weighted by Crippen LogP contribution is -2.21. The number of Topliss-reactive ketones (excluding diaryl/α,β-unsaturated/α-hetero) is 1. The van der Waals surface area contributed by atoms with E-state index in [9.17, 15) is 4.79 Å². The highest BCUT2D eigenvalue weighted by Crippen LogP contribution is 2.33. The highest BCUT2D eigenvalue weighted by molar-refractivity contribution is 7.28. The van der Waals surface area contributed by atoms with E-state index in [0.29, 0.717) is 17.9 Å². The van der Waals surface area contributed by atoms with Gasteiger partial charge < -0.3 is 14.8 Å². The van der Waals surface area contributed by atoms with Crippen molar-refractivity contribution in [3.63, 3.8) is 0 Å². The van der Waals surface area contributed by atoms with Crippen molar-refractivity contribution in [1.29, 1.82) is 0 Å². The summed E-state index contributed by atoms with van der Waals surface area (Å²) >= 11 is 0. The van der Waals surface area contributed by atoms with E-state index >= 15 is 0 Å². The summed E-state index contributed by atoms with van der Waals surface area (Å²) in [5.74, 6) is 1.45. The second-order valence-corrected chi connectivity index (χ2v) is 7.58. The Bertz CT molecular complexity index is 736. The van der Waals surface area contributed by atoms with Gasteiger partial charge >= 0.3 is 0 Å². The Kier molecular flexibility index (Phi) is 4.68. The zero-order valence-electron chi connectivity index (χ0n) is 13.8. The maximum absolute atomic E-state index is 12.9. The van der Waals surface area contributed by atoms with Crippen molar-refractivity contribution < 1.29 is 14.3 Å². The van der Waals surface area contributed by atoms with Crippen LogP contribution in [0.1, 0.15) is 26.4 Å². The Morgan fingerprint density at radius 3 is 2.61 bits per heavy atom. The normalized spacial score (nSPS) is 15.6. The van der Waals surface area contributed by atoms with Crippen LogP contribution in [0.4, 0.5) is 0 Å². The van der Waals surface area contributed by atoms with Gasteiger partial charge in [-0.25, -0.2) is 0 Å². The standard InChI is InChI=1S/C18H22NO3S/c1-21-16-8-12-4-6-19-11-13-5-7-23(3)18(13)10-15(20)14(12)9-17(16)22-2/h5,7-9,19H,4,6,10-11H2,1-3H3/q+1. The molecular weight excluding hydrogens is 310 g/mol. The Hall–Kier alpha value is -1.85. The molecule has 0 bridgehead atoms. The molecule has 23 heavy (non-hydrogen) atoms. The second-order valence-electron chi connectivity index (χ2n) is 5.70. The molecule has 2 aromatic rings. The smallest absolute Gasteiger partial charge is 0.172 e. The molecule has 1 unspecified atom stereocenters. The van der Waals surface area contributed by atoms with Gasteiger partial charge in [-0.1, -0.05) is 0 Å². The number of nitrogens with one attached hydrogen (secondary N) is 1. The van der Waals surface area contributed by atoms with Gasteiger partial charge in [0.2, 0.25) is 0 Å². The van der Waals surface area contributed by atoms with Crippen LogP contribution in [0.25, 0.3) is 0 Å². The number of carbonyl (C=O) groups is 1. The first kappa shape index (κ1) is 16.0. The van der Waals surface area contributed by atoms with Gasteiger partial charge in [-0.2, -0.15) is 0 Å². The highest BCUT2D eigenvalue weighted by Gasteiger charge is 2.24. The lowest BCUT2D eigenvalue weighted by molar-refractivity contribution is 0.0992. The van der Waals surface area contributed by atoms with Crippen molar-refractivity contribution in [2.24, 2.45) is 6.26 Å². The number of hydrogen-bond acceptors (Lipinski definition) is 4. The molecule has 5 heteroatoms. The SMILES string of the molecule is COc1cc2c(cc1OC)C(=O)Cc1c(cc[s+]1C)CNCC2. The van der Waals surface area contributed by atoms with Crippen LogP contribution in [0.5, 0.6) is 11.5 Å². The van der Waals surface area contributed by atoms with Crippen LogP contribution < -0.4 is 14.8 Å². The number of ketones is 1. The number of methoxy groups -OCH3 is 2. The Labute approximate surface area is 139 Å². The summed E-state index contributed by atoms with van der Waals surface area (Å²) in [6.45, 7) is 1.66. The summed E-state index contributed by atoms with van der Waals surface area (Å²) in [6, 6.07) is 5.92. The van der Waals surface area contributed by atoms with Crippen LogP contribution in [0.15, 0.2) is 23.6 Å². The molecule has 0 saturated carbocycles. The van der Waals surface area contributed by atoms with E-state index in [-0.39, 0.29) is 16.3 Å². The van der Waals surface area contributed by atoms with Crippen LogP contribution in [0, 0.1) is 0 Å². The predicted octanol–water partition coefficient (Wildman–Crippen LogP) is 3.06. The number of hydrogen-bond donors (Lipinski definition) is 1. The van der Waals surface area contributed by atoms with E-state index in [2.05, 4.69) is 23.0 Å². The quantitative estimate of drug-likeness (QED) is 0.859. The number of fused-ring (bicyclic) bond motifs is 2. The fourth-order valence-electron chi connectivity index (χ4n) is 3.03. The van der Waals surface area contributed by atoms with Gasteiger partial charge in [0.1, 0.15) is 11.6 Å². The molecular formula is C18H22NO3S+. The zero-order valence-corrected chi connectivity index (χ0v) is 14.6. The topological polar surface area (TPSA) is 47.6 Å². The Morgan fingerprint density at radius 2 is 1.87 bits per heavy atom. The predicted molar refractivity (Wildman–Crippen MR) is 92.9 cm³/mol. The molecule has 1 aliphatic rings. The van der Waals surface area contributed by atoms with Crippen molar-refractivity contribution in [2.75, 3.05) is 20.8 Å². The largest absolute Gasteiger partial charge is 0.493 e. The molecule has 3 rings (SSSR count). The van der Waals surface area contributed by atoms with Crippen LogP contribution in [-0.4, -0.2) is 26.5 Å². The molecule has 0 spiro atoms. The van der Waals surface area contributed by atoms with Gasteiger partial charge in [0.25, 0.3) is 0 Å². The Balaban J connectivity index is 2.06. The lowest BCUT2D eigenvalue weighted by Gasteiger charge is -2.16. The van der Waals surface area contributed by atoms with Crippen LogP contribution in [0.3, 0.4) is 0 Å². The Morgan fingerprint density at radius 1 is 1.13 bits per heavy atom. The number of aryl methyl sites for hydroxylation is 1. The summed E-state index contributed by atoms with van der Waals surface area (Å²) < 4.78 is 10.7. The third kappa shape index (κ3) is 3.12. The average Bonchev–Trinajstić information content (AvgIpc) is 2.91. The molecule has 0 fully saturated rings. The van der Waals surface area contributed by atoms with E-state index in [1.54, 1.807) is 14.2 Å². The van der Waals surface area contributed by atoms with Gasteiger partial charge in [-0.15, -0.1) is 0 Å². The third-order valence-corrected chi connectivity index (χ3v) is 6.07. The molecule has 122 valence electrons. The van der Waals surface area contributed by atoms with Crippen LogP contribution in [0.2, 0.25) is 0 Å². The molecule has 1 aromatic heterocycles. The van der Waals surface area contributed by atoms with E-state index in [4.69, 9.17) is 9.47 Å². The minimum Gasteiger partial charge on any atom is -0.493 e. The van der Waals surface area contributed by atoms with Gasteiger partial charge in [0.15, 0.2) is 22.2 Å². The van der Waals surface area contributed by atoms with Gasteiger partial charge in [-0.3, -0.25) is 4.79 Å². The monoisotopic (exact) mass is 332 g/mol. The van der Waals surface area contributed by atoms with Crippen LogP contribution >= 0.6 is 10.5 Å². The fraction of sp³-hybridized carbons (Fsp3) is 0.389. The number of carbonyl (C=O) groups excluding carboxylic acids is 1. The van der Waals surface area contributed by atoms with E-state index in [0.717, 1.165) is 30.6 Å². The minimum absolute atomic E-state index is 0.0501. The van der Waals surface area contributed by atoms with Crippen LogP contribution in [-0.2, 0) is 25.6 Å². The highest BCUT2D eigenvalue weighted by atomic mass is 32.2. The molecule has 2 heterocycles. The van der Waals surface area contributed by atoms with Gasteiger partial charge in [0.05, 0.1) is 20.6 Å². The summed E-state index contributed by atoms with van der Waals surface area (Å²) in [7, 11) is 3.27. The maximum Gasteiger partial charge on any atom is 0.172 e. The van der Waals surface area contributed by atoms with E-state index < -0.39 is 0 Å². The molecule has 4 nitrogen and oxygen atoms in total. The molecule has 0 radical (unpaired) electrons. The summed E-state index contributed by atoms with van der Waals surface area (Å²) in [5, 5.41) is 5.68. The molecule has 1 aromatic carbocycles. The molecule has 0 saturated heterocycles. The number of benzene rings is 1. The van der Waals surface area contributed by atoms with Gasteiger partial charge in [-0.05, 0) is 47.2 Å². The number of ether oxygens (including phenoxy) is 2. The fourth-order valence-corrected chi connectivity index (χ4v) is 4.47. The van der Waals surface area contributed by atoms with Crippen molar-refractivity contribution in [3.05, 3.63) is 45.1 Å². The molecule has 1 aliphatic heterocycles. The maximum atomic E-state index is 12.9. The summed E-state index contributed by atoms with van der Waals surface area (Å²) in [5.41, 5.74) is 3.04. The lowest BCUT2D eigenvalue weighted by atomic mass is 9.96. The first-order valence-corrected chi connectivity index (χ1v) is 9.37. The molecule has 0 aliphatic carbocycles. The summed E-state index contributed by atoms with van der Waals surface area (Å²) in [4.78, 5) is 14.2. The molecule has 1 N–H and O–H groups in total. The average molecular weight is 332 g/mol. The summed E-state index contributed by atoms with van der Waals surface area (Å²) in [6.07, 6.45) is 3.45. The van der Waals surface area contributed by atoms with Crippen molar-refractivity contribution >= 4 is 16.3 Å². The first-order chi connectivity index (χ1) is 11.1. The third-order valence-electron chi connectivity index (χ3n) is 4.34. The van der Waals surface area contributed by atoms with E-state index in [1.165, 1.54) is 10.4 Å². The minimum atomic E-state index is 0.0501. The van der Waals surface area contributed by atoms with Crippen molar-refractivity contribution in [2.45, 2.75) is 19.4 Å². The van der Waals surface area contributed by atoms with Crippen molar-refractivity contribution in [1.82, 2.24) is 5.32 Å². The number of rotatable bonds is 2. The van der Waals surface area contributed by atoms with Gasteiger partial charge in [0, 0.05) is 17.7 Å². The second kappa shape index (κ2) is 6.72.